The Bertz CT molecular complexity index is 398. The van der Waals surface area contributed by atoms with Crippen LogP contribution in [0.1, 0.15) is 13.3 Å². The molecule has 0 aromatic heterocycles. The van der Waals surface area contributed by atoms with Crippen LogP contribution in [0.3, 0.4) is 0 Å². The van der Waals surface area contributed by atoms with Crippen molar-refractivity contribution in [3.05, 3.63) is 0 Å². The minimum atomic E-state index is -1.06. The van der Waals surface area contributed by atoms with Gasteiger partial charge in [0.25, 0.3) is 0 Å². The van der Waals surface area contributed by atoms with Gasteiger partial charge in [0.15, 0.2) is 6.10 Å². The van der Waals surface area contributed by atoms with E-state index in [1.165, 1.54) is 4.90 Å². The fraction of sp³-hybridized carbons (Fsp3) is 0.750. The maximum atomic E-state index is 12.3. The summed E-state index contributed by atoms with van der Waals surface area (Å²) >= 11 is 0. The van der Waals surface area contributed by atoms with E-state index in [9.17, 15) is 14.4 Å². The van der Waals surface area contributed by atoms with Crippen LogP contribution >= 0.6 is 0 Å². The number of aliphatic carboxylic acids is 1. The first-order valence-electron chi connectivity index (χ1n) is 6.44. The van der Waals surface area contributed by atoms with Crippen molar-refractivity contribution in [1.29, 1.82) is 0 Å². The van der Waals surface area contributed by atoms with E-state index in [2.05, 4.69) is 0 Å². The number of carboxylic acid groups (broad SMARTS) is 1. The van der Waals surface area contributed by atoms with E-state index in [1.54, 1.807) is 4.90 Å². The van der Waals surface area contributed by atoms with Crippen LogP contribution in [0.2, 0.25) is 0 Å². The van der Waals surface area contributed by atoms with Crippen molar-refractivity contribution in [2.45, 2.75) is 19.4 Å². The van der Waals surface area contributed by atoms with Gasteiger partial charge in [-0.25, -0.2) is 4.79 Å². The molecule has 2 fully saturated rings. The Morgan fingerprint density at radius 2 is 2.16 bits per heavy atom. The fourth-order valence-electron chi connectivity index (χ4n) is 2.50. The summed E-state index contributed by atoms with van der Waals surface area (Å²) in [5, 5.41) is 8.90. The van der Waals surface area contributed by atoms with E-state index in [1.807, 2.05) is 6.92 Å². The summed E-state index contributed by atoms with van der Waals surface area (Å²) < 4.78 is 5.08. The fourth-order valence-corrected chi connectivity index (χ4v) is 2.50. The third kappa shape index (κ3) is 2.86. The van der Waals surface area contributed by atoms with Crippen molar-refractivity contribution in [2.75, 3.05) is 32.8 Å². The predicted molar refractivity (Wildman–Crippen MR) is 64.3 cm³/mol. The molecule has 2 rings (SSSR count). The molecule has 2 amide bonds. The maximum Gasteiger partial charge on any atom is 0.334 e. The van der Waals surface area contributed by atoms with Crippen LogP contribution in [0.4, 0.5) is 0 Å². The summed E-state index contributed by atoms with van der Waals surface area (Å²) in [7, 11) is 0. The Hall–Kier alpha value is -1.63. The van der Waals surface area contributed by atoms with Gasteiger partial charge in [-0.2, -0.15) is 0 Å². The monoisotopic (exact) mass is 270 g/mol. The van der Waals surface area contributed by atoms with Gasteiger partial charge in [0, 0.05) is 26.1 Å². The van der Waals surface area contributed by atoms with Gasteiger partial charge in [-0.05, 0) is 6.92 Å². The Morgan fingerprint density at radius 3 is 2.74 bits per heavy atom. The first-order chi connectivity index (χ1) is 9.02. The third-order valence-corrected chi connectivity index (χ3v) is 3.60. The van der Waals surface area contributed by atoms with Crippen molar-refractivity contribution in [3.8, 4) is 0 Å². The molecular formula is C12H18N2O5. The summed E-state index contributed by atoms with van der Waals surface area (Å²) in [6.07, 6.45) is -0.737. The lowest BCUT2D eigenvalue weighted by Gasteiger charge is -2.32. The number of carbonyl (C=O) groups excluding carboxylic acids is 2. The minimum Gasteiger partial charge on any atom is -0.479 e. The number of rotatable bonds is 3. The Morgan fingerprint density at radius 1 is 1.42 bits per heavy atom. The smallest absolute Gasteiger partial charge is 0.334 e. The predicted octanol–water partition coefficient (Wildman–Crippen LogP) is -0.833. The van der Waals surface area contributed by atoms with E-state index in [4.69, 9.17) is 9.84 Å². The Kier molecular flexibility index (Phi) is 4.04. The second-order valence-electron chi connectivity index (χ2n) is 4.82. The first kappa shape index (κ1) is 13.8. The summed E-state index contributed by atoms with van der Waals surface area (Å²) in [6, 6.07) is 0. The van der Waals surface area contributed by atoms with E-state index in [-0.39, 0.29) is 37.3 Å². The van der Waals surface area contributed by atoms with Crippen molar-refractivity contribution in [1.82, 2.24) is 9.80 Å². The summed E-state index contributed by atoms with van der Waals surface area (Å²) in [6.45, 7) is 3.58. The highest BCUT2D eigenvalue weighted by molar-refractivity contribution is 5.89. The molecule has 2 aliphatic heterocycles. The topological polar surface area (TPSA) is 87.2 Å². The Labute approximate surface area is 111 Å². The standard InChI is InChI=1S/C12H18N2O5/c1-2-13-6-8(5-10(13)15)11(16)14-3-4-19-9(7-14)12(17)18/h8-9H,2-7H2,1H3,(H,17,18)/t8-,9-/m1/s1. The molecule has 2 atom stereocenters. The summed E-state index contributed by atoms with van der Waals surface area (Å²) in [5.74, 6) is -1.56. The molecule has 0 saturated carbocycles. The molecule has 0 spiro atoms. The number of carboxylic acids is 1. The molecular weight excluding hydrogens is 252 g/mol. The average molecular weight is 270 g/mol. The number of hydrogen-bond donors (Lipinski definition) is 1. The van der Waals surface area contributed by atoms with Crippen LogP contribution in [-0.4, -0.2) is 71.6 Å². The number of carbonyl (C=O) groups is 3. The van der Waals surface area contributed by atoms with Crippen LogP contribution in [-0.2, 0) is 19.1 Å². The van der Waals surface area contributed by atoms with Crippen LogP contribution in [0.25, 0.3) is 0 Å². The van der Waals surface area contributed by atoms with Gasteiger partial charge in [0.2, 0.25) is 11.8 Å². The van der Waals surface area contributed by atoms with E-state index < -0.39 is 12.1 Å². The molecule has 106 valence electrons. The highest BCUT2D eigenvalue weighted by atomic mass is 16.5. The van der Waals surface area contributed by atoms with Crippen LogP contribution in [0.15, 0.2) is 0 Å². The largest absolute Gasteiger partial charge is 0.479 e. The molecule has 0 aliphatic carbocycles. The number of likely N-dealkylation sites (tertiary alicyclic amines) is 1. The molecule has 2 saturated heterocycles. The number of hydrogen-bond acceptors (Lipinski definition) is 4. The molecule has 2 aliphatic rings. The normalized spacial score (nSPS) is 27.7. The first-order valence-corrected chi connectivity index (χ1v) is 6.44. The summed E-state index contributed by atoms with van der Waals surface area (Å²) in [4.78, 5) is 37.9. The Balaban J connectivity index is 1.96. The van der Waals surface area contributed by atoms with Crippen LogP contribution in [0, 0.1) is 5.92 Å². The quantitative estimate of drug-likeness (QED) is 0.723. The molecule has 2 heterocycles. The van der Waals surface area contributed by atoms with Gasteiger partial charge in [-0.3, -0.25) is 9.59 Å². The highest BCUT2D eigenvalue weighted by Gasteiger charge is 2.38. The van der Waals surface area contributed by atoms with E-state index in [0.717, 1.165) is 0 Å². The maximum absolute atomic E-state index is 12.3. The van der Waals surface area contributed by atoms with Gasteiger partial charge < -0.3 is 19.6 Å². The van der Waals surface area contributed by atoms with Gasteiger partial charge in [-0.1, -0.05) is 0 Å². The lowest BCUT2D eigenvalue weighted by molar-refractivity contribution is -0.160. The van der Waals surface area contributed by atoms with Crippen molar-refractivity contribution >= 4 is 17.8 Å². The second kappa shape index (κ2) is 5.56. The molecule has 0 bridgehead atoms. The molecule has 0 unspecified atom stereocenters. The zero-order valence-electron chi connectivity index (χ0n) is 10.9. The molecule has 0 aromatic carbocycles. The van der Waals surface area contributed by atoms with Crippen molar-refractivity contribution in [3.63, 3.8) is 0 Å². The number of ether oxygens (including phenoxy) is 1. The minimum absolute atomic E-state index is 0.0103. The van der Waals surface area contributed by atoms with E-state index >= 15 is 0 Å². The zero-order valence-corrected chi connectivity index (χ0v) is 10.9. The molecule has 0 radical (unpaired) electrons. The van der Waals surface area contributed by atoms with Gasteiger partial charge in [0.05, 0.1) is 19.1 Å². The highest BCUT2D eigenvalue weighted by Crippen LogP contribution is 2.21. The number of nitrogens with zero attached hydrogens (tertiary/aromatic N) is 2. The molecule has 0 aromatic rings. The van der Waals surface area contributed by atoms with Crippen molar-refractivity contribution < 1.29 is 24.2 Å². The summed E-state index contributed by atoms with van der Waals surface area (Å²) in [5.41, 5.74) is 0. The van der Waals surface area contributed by atoms with Gasteiger partial charge in [0.1, 0.15) is 0 Å². The van der Waals surface area contributed by atoms with Crippen LogP contribution in [0.5, 0.6) is 0 Å². The second-order valence-corrected chi connectivity index (χ2v) is 4.82. The molecule has 1 N–H and O–H groups in total. The molecule has 7 nitrogen and oxygen atoms in total. The number of morpholine rings is 1. The molecule has 19 heavy (non-hydrogen) atoms. The van der Waals surface area contributed by atoms with Gasteiger partial charge in [-0.15, -0.1) is 0 Å². The SMILES string of the molecule is CCN1C[C@H](C(=O)N2CCO[C@@H](C(=O)O)C2)CC1=O. The van der Waals surface area contributed by atoms with Gasteiger partial charge >= 0.3 is 5.97 Å². The lowest BCUT2D eigenvalue weighted by atomic mass is 10.1. The van der Waals surface area contributed by atoms with Crippen LogP contribution < -0.4 is 0 Å². The molecule has 7 heteroatoms. The lowest BCUT2D eigenvalue weighted by Crippen LogP contribution is -2.50. The average Bonchev–Trinajstić information content (AvgIpc) is 2.79. The van der Waals surface area contributed by atoms with Crippen molar-refractivity contribution in [2.24, 2.45) is 5.92 Å². The third-order valence-electron chi connectivity index (χ3n) is 3.60. The number of amides is 2. The van der Waals surface area contributed by atoms with E-state index in [0.29, 0.717) is 19.6 Å². The zero-order chi connectivity index (χ0) is 14.0.